The predicted molar refractivity (Wildman–Crippen MR) is 156 cm³/mol. The summed E-state index contributed by atoms with van der Waals surface area (Å²) in [5, 5.41) is 0. The third-order valence-electron chi connectivity index (χ3n) is 8.34. The summed E-state index contributed by atoms with van der Waals surface area (Å²) in [6.45, 7) is 9.70. The Labute approximate surface area is 218 Å². The van der Waals surface area contributed by atoms with Crippen molar-refractivity contribution in [3.63, 3.8) is 0 Å². The van der Waals surface area contributed by atoms with Gasteiger partial charge in [0.1, 0.15) is 0 Å². The molecule has 0 spiro atoms. The molecule has 0 aliphatic heterocycles. The quantitative estimate of drug-likeness (QED) is 0.0653. The van der Waals surface area contributed by atoms with Gasteiger partial charge in [-0.25, -0.2) is 0 Å². The van der Waals surface area contributed by atoms with E-state index in [2.05, 4.69) is 49.0 Å². The monoisotopic (exact) mass is 483 g/mol. The number of rotatable bonds is 26. The third kappa shape index (κ3) is 18.2. The highest BCUT2D eigenvalue weighted by atomic mass is 15.5. The Hall–Kier alpha value is -0.0800. The molecule has 0 heterocycles. The molecule has 0 amide bonds. The van der Waals surface area contributed by atoms with Crippen LogP contribution < -0.4 is 0 Å². The summed E-state index contributed by atoms with van der Waals surface area (Å²) in [6.07, 6.45) is 32.1. The lowest BCUT2D eigenvalue weighted by molar-refractivity contribution is -1.10. The van der Waals surface area contributed by atoms with E-state index in [1.165, 1.54) is 163 Å². The number of hydrogen-bond acceptors (Lipinski definition) is 0. The molecule has 34 heavy (non-hydrogen) atoms. The normalized spacial score (nSPS) is 12.7. The molecule has 0 radical (unpaired) electrons. The zero-order chi connectivity index (χ0) is 25.5. The average Bonchev–Trinajstić information content (AvgIpc) is 2.79. The first-order chi connectivity index (χ1) is 16.3. The van der Waals surface area contributed by atoms with Crippen molar-refractivity contribution in [3.8, 4) is 0 Å². The molecule has 0 unspecified atom stereocenters. The molecule has 0 aliphatic carbocycles. The van der Waals surface area contributed by atoms with Crippen LogP contribution in [0.2, 0.25) is 0 Å². The Balaban J connectivity index is 4.14. The van der Waals surface area contributed by atoms with Gasteiger partial charge in [-0.1, -0.05) is 124 Å². The molecular formula is C32H70N2+2. The summed E-state index contributed by atoms with van der Waals surface area (Å²) in [5.74, 6) is 0. The van der Waals surface area contributed by atoms with Crippen LogP contribution in [0.15, 0.2) is 0 Å². The molecule has 0 N–H and O–H groups in total. The van der Waals surface area contributed by atoms with Crippen LogP contribution in [0.5, 0.6) is 0 Å². The van der Waals surface area contributed by atoms with E-state index in [1.54, 1.807) is 0 Å². The van der Waals surface area contributed by atoms with E-state index >= 15 is 0 Å². The Bertz CT molecular complexity index is 379. The SMILES string of the molecule is CCCCCCCCCCCC[N+](C)(C)C(CCC)[N+](C)(C)CCCCCCCCCCCC. The number of hydrogen-bond donors (Lipinski definition) is 0. The van der Waals surface area contributed by atoms with Crippen LogP contribution in [-0.4, -0.2) is 56.4 Å². The Kier molecular flexibility index (Phi) is 22.1. The van der Waals surface area contributed by atoms with Gasteiger partial charge >= 0.3 is 0 Å². The lowest BCUT2D eigenvalue weighted by Gasteiger charge is -2.47. The fraction of sp³-hybridized carbons (Fsp3) is 1.00. The van der Waals surface area contributed by atoms with E-state index in [1.807, 2.05) is 0 Å². The van der Waals surface area contributed by atoms with E-state index in [0.717, 1.165) is 6.17 Å². The van der Waals surface area contributed by atoms with E-state index in [4.69, 9.17) is 0 Å². The average molecular weight is 483 g/mol. The van der Waals surface area contributed by atoms with Crippen molar-refractivity contribution in [1.29, 1.82) is 0 Å². The van der Waals surface area contributed by atoms with Gasteiger partial charge in [-0.3, -0.25) is 8.97 Å². The van der Waals surface area contributed by atoms with Crippen molar-refractivity contribution in [2.75, 3.05) is 41.3 Å². The molecule has 0 aromatic rings. The first-order valence-corrected chi connectivity index (χ1v) is 16.0. The highest BCUT2D eigenvalue weighted by Gasteiger charge is 2.39. The molecule has 0 rings (SSSR count). The Morgan fingerprint density at radius 3 is 0.882 bits per heavy atom. The second-order valence-electron chi connectivity index (χ2n) is 12.6. The first kappa shape index (κ1) is 33.9. The molecule has 0 aromatic heterocycles. The third-order valence-corrected chi connectivity index (χ3v) is 8.34. The maximum Gasteiger partial charge on any atom is 0.215 e. The van der Waals surface area contributed by atoms with E-state index < -0.39 is 0 Å². The van der Waals surface area contributed by atoms with Crippen LogP contribution in [0.1, 0.15) is 162 Å². The van der Waals surface area contributed by atoms with Gasteiger partial charge in [-0.05, 0) is 32.1 Å². The molecule has 0 bridgehead atoms. The van der Waals surface area contributed by atoms with Crippen molar-refractivity contribution in [3.05, 3.63) is 0 Å². The fourth-order valence-corrected chi connectivity index (χ4v) is 6.11. The molecule has 2 heteroatoms. The lowest BCUT2D eigenvalue weighted by atomic mass is 10.0. The molecule has 0 aromatic carbocycles. The summed E-state index contributed by atoms with van der Waals surface area (Å²) in [4.78, 5) is 0. The molecule has 0 atom stereocenters. The van der Waals surface area contributed by atoms with Crippen LogP contribution >= 0.6 is 0 Å². The Morgan fingerprint density at radius 2 is 0.618 bits per heavy atom. The molecule has 0 saturated carbocycles. The van der Waals surface area contributed by atoms with Gasteiger partial charge < -0.3 is 0 Å². The minimum atomic E-state index is 0.738. The van der Waals surface area contributed by atoms with Crippen molar-refractivity contribution < 1.29 is 8.97 Å². The minimum absolute atomic E-state index is 0.738. The van der Waals surface area contributed by atoms with E-state index in [-0.39, 0.29) is 0 Å². The maximum absolute atomic E-state index is 2.52. The number of nitrogens with zero attached hydrogens (tertiary/aromatic N) is 2. The second kappa shape index (κ2) is 22.1. The standard InChI is InChI=1S/C32H70N2/c1-8-11-13-15-17-19-21-23-25-27-30-33(4,5)32(29-10-3)34(6,7)31-28-26-24-22-20-18-16-14-12-9-2/h32H,8-31H2,1-7H3/q+2. The summed E-state index contributed by atoms with van der Waals surface area (Å²) in [6, 6.07) is 0. The highest BCUT2D eigenvalue weighted by Crippen LogP contribution is 2.24. The first-order valence-electron chi connectivity index (χ1n) is 16.0. The largest absolute Gasteiger partial charge is 0.280 e. The molecule has 0 aliphatic rings. The molecule has 0 saturated heterocycles. The predicted octanol–water partition coefficient (Wildman–Crippen LogP) is 10.1. The van der Waals surface area contributed by atoms with Crippen LogP contribution in [0, 0.1) is 0 Å². The molecule has 206 valence electrons. The van der Waals surface area contributed by atoms with Gasteiger partial charge in [-0.2, -0.15) is 0 Å². The van der Waals surface area contributed by atoms with Gasteiger partial charge in [0.25, 0.3) is 0 Å². The van der Waals surface area contributed by atoms with Gasteiger partial charge in [0.2, 0.25) is 6.17 Å². The lowest BCUT2D eigenvalue weighted by Crippen LogP contribution is -2.64. The van der Waals surface area contributed by atoms with Crippen molar-refractivity contribution in [1.82, 2.24) is 0 Å². The number of quaternary nitrogens is 2. The van der Waals surface area contributed by atoms with Crippen LogP contribution in [0.3, 0.4) is 0 Å². The van der Waals surface area contributed by atoms with E-state index in [0.29, 0.717) is 0 Å². The van der Waals surface area contributed by atoms with Crippen LogP contribution in [-0.2, 0) is 0 Å². The van der Waals surface area contributed by atoms with Crippen molar-refractivity contribution >= 4 is 0 Å². The van der Waals surface area contributed by atoms with Gasteiger partial charge in [0, 0.05) is 0 Å². The summed E-state index contributed by atoms with van der Waals surface area (Å²) >= 11 is 0. The van der Waals surface area contributed by atoms with Crippen molar-refractivity contribution in [2.45, 2.75) is 168 Å². The van der Waals surface area contributed by atoms with Crippen LogP contribution in [0.25, 0.3) is 0 Å². The van der Waals surface area contributed by atoms with E-state index in [9.17, 15) is 0 Å². The second-order valence-corrected chi connectivity index (χ2v) is 12.6. The zero-order valence-electron chi connectivity index (χ0n) is 25.4. The zero-order valence-corrected chi connectivity index (χ0v) is 25.4. The summed E-state index contributed by atoms with van der Waals surface area (Å²) in [7, 11) is 10.1. The fourth-order valence-electron chi connectivity index (χ4n) is 6.11. The maximum atomic E-state index is 2.52. The topological polar surface area (TPSA) is 0 Å². The van der Waals surface area contributed by atoms with Gasteiger partial charge in [0.15, 0.2) is 0 Å². The highest BCUT2D eigenvalue weighted by molar-refractivity contribution is 4.53. The van der Waals surface area contributed by atoms with Crippen LogP contribution in [0.4, 0.5) is 0 Å². The van der Waals surface area contributed by atoms with Crippen molar-refractivity contribution in [2.24, 2.45) is 0 Å². The smallest absolute Gasteiger partial charge is 0.215 e. The molecule has 2 nitrogen and oxygen atoms in total. The van der Waals surface area contributed by atoms with Gasteiger partial charge in [-0.15, -0.1) is 0 Å². The molecular weight excluding hydrogens is 412 g/mol. The number of unbranched alkanes of at least 4 members (excludes halogenated alkanes) is 18. The Morgan fingerprint density at radius 1 is 0.353 bits per heavy atom. The van der Waals surface area contributed by atoms with Gasteiger partial charge in [0.05, 0.1) is 47.7 Å². The summed E-state index contributed by atoms with van der Waals surface area (Å²) < 4.78 is 2.41. The molecule has 0 fully saturated rings. The minimum Gasteiger partial charge on any atom is -0.280 e. The summed E-state index contributed by atoms with van der Waals surface area (Å²) in [5.41, 5.74) is 0.